The van der Waals surface area contributed by atoms with E-state index in [1.165, 1.54) is 36.5 Å². The maximum Gasteiger partial charge on any atom is 0.305 e. The van der Waals surface area contributed by atoms with E-state index in [2.05, 4.69) is 58.0 Å². The van der Waals surface area contributed by atoms with Crippen molar-refractivity contribution in [3.05, 3.63) is 70.8 Å². The zero-order chi connectivity index (χ0) is 20.2. The van der Waals surface area contributed by atoms with Crippen LogP contribution in [0.4, 0.5) is 0 Å². The molecule has 0 fully saturated rings. The van der Waals surface area contributed by atoms with Crippen molar-refractivity contribution in [3.8, 4) is 0 Å². The van der Waals surface area contributed by atoms with E-state index in [0.717, 1.165) is 38.5 Å². The third-order valence-electron chi connectivity index (χ3n) is 4.92. The molecule has 0 amide bonds. The number of hydrogen-bond acceptors (Lipinski definition) is 4. The Morgan fingerprint density at radius 1 is 0.571 bits per heavy atom. The minimum absolute atomic E-state index is 0.166. The van der Waals surface area contributed by atoms with Crippen LogP contribution in [0.1, 0.15) is 47.9 Å². The average molecular weight is 383 g/mol. The van der Waals surface area contributed by atoms with Gasteiger partial charge in [-0.2, -0.15) is 0 Å². The van der Waals surface area contributed by atoms with Crippen molar-refractivity contribution in [2.75, 3.05) is 14.2 Å². The maximum atomic E-state index is 11.2. The molecule has 28 heavy (non-hydrogen) atoms. The Bertz CT molecular complexity index is 667. The highest BCUT2D eigenvalue weighted by atomic mass is 16.5. The first kappa shape index (κ1) is 21.7. The smallest absolute Gasteiger partial charge is 0.305 e. The van der Waals surface area contributed by atoms with E-state index in [9.17, 15) is 9.59 Å². The van der Waals surface area contributed by atoms with Gasteiger partial charge in [-0.15, -0.1) is 0 Å². The lowest BCUT2D eigenvalue weighted by Gasteiger charge is -2.06. The number of aryl methyl sites for hydroxylation is 4. The lowest BCUT2D eigenvalue weighted by Crippen LogP contribution is -2.02. The lowest BCUT2D eigenvalue weighted by atomic mass is 10.0. The predicted octanol–water partition coefficient (Wildman–Crippen LogP) is 4.46. The van der Waals surface area contributed by atoms with Gasteiger partial charge in [-0.05, 0) is 60.8 Å². The zero-order valence-electron chi connectivity index (χ0n) is 16.9. The molecule has 2 aromatic carbocycles. The van der Waals surface area contributed by atoms with Crippen molar-refractivity contribution < 1.29 is 19.1 Å². The van der Waals surface area contributed by atoms with Gasteiger partial charge in [-0.3, -0.25) is 9.59 Å². The summed E-state index contributed by atoms with van der Waals surface area (Å²) in [6, 6.07) is 17.0. The van der Waals surface area contributed by atoms with Gasteiger partial charge >= 0.3 is 11.9 Å². The summed E-state index contributed by atoms with van der Waals surface area (Å²) in [5.74, 6) is -0.332. The summed E-state index contributed by atoms with van der Waals surface area (Å²) in [7, 11) is 2.84. The van der Waals surface area contributed by atoms with Gasteiger partial charge in [-0.25, -0.2) is 0 Å². The Kier molecular flexibility index (Phi) is 9.26. The minimum atomic E-state index is -0.166. The topological polar surface area (TPSA) is 52.6 Å². The largest absolute Gasteiger partial charge is 0.469 e. The van der Waals surface area contributed by atoms with Crippen LogP contribution in [-0.2, 0) is 44.7 Å². The van der Waals surface area contributed by atoms with Gasteiger partial charge in [-0.1, -0.05) is 48.5 Å². The number of unbranched alkanes of at least 4 members (excludes halogenated alkanes) is 1. The Hall–Kier alpha value is -2.62. The first-order chi connectivity index (χ1) is 13.6. The molecule has 0 saturated carbocycles. The monoisotopic (exact) mass is 382 g/mol. The fourth-order valence-corrected chi connectivity index (χ4v) is 3.10. The van der Waals surface area contributed by atoms with Crippen LogP contribution in [0.25, 0.3) is 0 Å². The highest BCUT2D eigenvalue weighted by Gasteiger charge is 2.03. The van der Waals surface area contributed by atoms with Crippen molar-refractivity contribution in [2.24, 2.45) is 0 Å². The van der Waals surface area contributed by atoms with E-state index < -0.39 is 0 Å². The van der Waals surface area contributed by atoms with Crippen LogP contribution in [0, 0.1) is 0 Å². The second-order valence-electron chi connectivity index (χ2n) is 6.99. The number of benzene rings is 2. The molecule has 0 atom stereocenters. The van der Waals surface area contributed by atoms with Crippen molar-refractivity contribution in [2.45, 2.75) is 51.4 Å². The number of carbonyl (C=O) groups is 2. The minimum Gasteiger partial charge on any atom is -0.469 e. The molecule has 0 aliphatic heterocycles. The van der Waals surface area contributed by atoms with Crippen LogP contribution in [0.2, 0.25) is 0 Å². The molecule has 0 unspecified atom stereocenters. The molecular weight excluding hydrogens is 352 g/mol. The molecule has 0 aliphatic carbocycles. The van der Waals surface area contributed by atoms with Gasteiger partial charge in [0.15, 0.2) is 0 Å². The second kappa shape index (κ2) is 12.0. The summed E-state index contributed by atoms with van der Waals surface area (Å²) < 4.78 is 9.35. The quantitative estimate of drug-likeness (QED) is 0.425. The summed E-state index contributed by atoms with van der Waals surface area (Å²) in [5, 5.41) is 0. The van der Waals surface area contributed by atoms with E-state index in [4.69, 9.17) is 0 Å². The number of hydrogen-bond donors (Lipinski definition) is 0. The normalized spacial score (nSPS) is 10.5. The van der Waals surface area contributed by atoms with E-state index in [1.807, 2.05) is 0 Å². The highest BCUT2D eigenvalue weighted by molar-refractivity contribution is 5.69. The Labute approximate surface area is 167 Å². The lowest BCUT2D eigenvalue weighted by molar-refractivity contribution is -0.141. The Morgan fingerprint density at radius 2 is 0.857 bits per heavy atom. The van der Waals surface area contributed by atoms with Crippen molar-refractivity contribution in [3.63, 3.8) is 0 Å². The second-order valence-corrected chi connectivity index (χ2v) is 6.99. The number of esters is 2. The van der Waals surface area contributed by atoms with Crippen LogP contribution < -0.4 is 0 Å². The van der Waals surface area contributed by atoms with Crippen LogP contribution in [0.3, 0.4) is 0 Å². The van der Waals surface area contributed by atoms with Crippen LogP contribution in [0.15, 0.2) is 48.5 Å². The third-order valence-corrected chi connectivity index (χ3v) is 4.92. The summed E-state index contributed by atoms with van der Waals surface area (Å²) in [5.41, 5.74) is 5.00. The van der Waals surface area contributed by atoms with E-state index in [0.29, 0.717) is 12.8 Å². The molecule has 0 spiro atoms. The molecule has 0 N–H and O–H groups in total. The molecule has 0 radical (unpaired) electrons. The average Bonchev–Trinajstić information content (AvgIpc) is 2.74. The van der Waals surface area contributed by atoms with E-state index in [1.54, 1.807) is 0 Å². The molecule has 4 heteroatoms. The number of ether oxygens (including phenoxy) is 2. The predicted molar refractivity (Wildman–Crippen MR) is 110 cm³/mol. The fourth-order valence-electron chi connectivity index (χ4n) is 3.10. The van der Waals surface area contributed by atoms with Gasteiger partial charge in [0.1, 0.15) is 0 Å². The molecule has 0 saturated heterocycles. The van der Waals surface area contributed by atoms with Crippen LogP contribution >= 0.6 is 0 Å². The van der Waals surface area contributed by atoms with Gasteiger partial charge in [0.05, 0.1) is 14.2 Å². The molecule has 0 heterocycles. The summed E-state index contributed by atoms with van der Waals surface area (Å²) in [6.45, 7) is 0. The van der Waals surface area contributed by atoms with Crippen molar-refractivity contribution >= 4 is 11.9 Å². The molecule has 0 bridgehead atoms. The molecule has 0 aliphatic rings. The molecule has 4 nitrogen and oxygen atoms in total. The first-order valence-corrected chi connectivity index (χ1v) is 9.90. The van der Waals surface area contributed by atoms with E-state index >= 15 is 0 Å². The summed E-state index contributed by atoms with van der Waals surface area (Å²) in [4.78, 5) is 22.4. The Balaban J connectivity index is 1.66. The highest BCUT2D eigenvalue weighted by Crippen LogP contribution is 2.13. The van der Waals surface area contributed by atoms with Crippen LogP contribution in [-0.4, -0.2) is 26.2 Å². The van der Waals surface area contributed by atoms with Crippen LogP contribution in [0.5, 0.6) is 0 Å². The SMILES string of the molecule is COC(=O)CCc1ccc(CCCCc2ccc(CCC(=O)OC)cc2)cc1. The van der Waals surface area contributed by atoms with Gasteiger partial charge in [0.25, 0.3) is 0 Å². The van der Waals surface area contributed by atoms with Gasteiger partial charge in [0.2, 0.25) is 0 Å². The molecule has 2 rings (SSSR count). The molecular formula is C24H30O4. The van der Waals surface area contributed by atoms with Gasteiger partial charge in [0, 0.05) is 12.8 Å². The van der Waals surface area contributed by atoms with E-state index in [-0.39, 0.29) is 11.9 Å². The molecule has 2 aromatic rings. The number of methoxy groups -OCH3 is 2. The third kappa shape index (κ3) is 7.95. The van der Waals surface area contributed by atoms with Crippen molar-refractivity contribution in [1.29, 1.82) is 0 Å². The van der Waals surface area contributed by atoms with Crippen molar-refractivity contribution in [1.82, 2.24) is 0 Å². The molecule has 150 valence electrons. The van der Waals surface area contributed by atoms with Gasteiger partial charge < -0.3 is 9.47 Å². The summed E-state index contributed by atoms with van der Waals surface area (Å²) in [6.07, 6.45) is 6.72. The standard InChI is InChI=1S/C24H30O4/c1-27-23(25)17-15-21-11-7-19(8-12-21)5-3-4-6-20-9-13-22(14-10-20)16-18-24(26)28-2/h7-14H,3-6,15-18H2,1-2H3. The fraction of sp³-hybridized carbons (Fsp3) is 0.417. The number of carbonyl (C=O) groups excluding carboxylic acids is 2. The molecule has 0 aromatic heterocycles. The first-order valence-electron chi connectivity index (χ1n) is 9.90. The summed E-state index contributed by atoms with van der Waals surface area (Å²) >= 11 is 0. The number of rotatable bonds is 11. The maximum absolute atomic E-state index is 11.2. The zero-order valence-corrected chi connectivity index (χ0v) is 16.9. The Morgan fingerprint density at radius 3 is 1.14 bits per heavy atom.